The molecule has 0 aromatic heterocycles. The van der Waals surface area contributed by atoms with Gasteiger partial charge >= 0.3 is 11.9 Å². The quantitative estimate of drug-likeness (QED) is 0.353. The summed E-state index contributed by atoms with van der Waals surface area (Å²) in [5.41, 5.74) is 1.56. The summed E-state index contributed by atoms with van der Waals surface area (Å²) in [6, 6.07) is 22.5. The minimum atomic E-state index is -0.607. The van der Waals surface area contributed by atoms with E-state index in [2.05, 4.69) is 4.99 Å². The molecule has 1 aliphatic heterocycles. The van der Waals surface area contributed by atoms with Gasteiger partial charge in [0.2, 0.25) is 5.90 Å². The molecule has 0 atom stereocenters. The number of esters is 2. The Bertz CT molecular complexity index is 1150. The van der Waals surface area contributed by atoms with Gasteiger partial charge in [0.1, 0.15) is 5.75 Å². The van der Waals surface area contributed by atoms with Crippen LogP contribution < -0.4 is 4.74 Å². The zero-order valence-corrected chi connectivity index (χ0v) is 15.8. The fourth-order valence-corrected chi connectivity index (χ4v) is 2.95. The maximum Gasteiger partial charge on any atom is 0.363 e. The van der Waals surface area contributed by atoms with Gasteiger partial charge in [-0.25, -0.2) is 14.6 Å². The molecule has 1 heterocycles. The molecule has 0 unspecified atom stereocenters. The van der Waals surface area contributed by atoms with Crippen LogP contribution in [0.2, 0.25) is 5.02 Å². The number of ether oxygens (including phenoxy) is 2. The molecule has 5 nitrogen and oxygen atoms in total. The number of carbonyl (C=O) groups is 2. The van der Waals surface area contributed by atoms with E-state index in [0.717, 1.165) is 0 Å². The van der Waals surface area contributed by atoms with E-state index in [1.165, 1.54) is 6.08 Å². The van der Waals surface area contributed by atoms with Gasteiger partial charge in [0.05, 0.1) is 16.1 Å². The highest BCUT2D eigenvalue weighted by molar-refractivity contribution is 6.34. The van der Waals surface area contributed by atoms with Crippen LogP contribution in [0.1, 0.15) is 21.5 Å². The molecule has 0 N–H and O–H groups in total. The average Bonchev–Trinajstić information content (AvgIpc) is 3.10. The Hall–Kier alpha value is -3.70. The highest BCUT2D eigenvalue weighted by atomic mass is 35.5. The molecule has 0 amide bonds. The van der Waals surface area contributed by atoms with Crippen molar-refractivity contribution in [3.05, 3.63) is 106 Å². The van der Waals surface area contributed by atoms with Gasteiger partial charge in [-0.05, 0) is 36.4 Å². The van der Waals surface area contributed by atoms with E-state index >= 15 is 0 Å². The maximum atomic E-state index is 12.4. The van der Waals surface area contributed by atoms with Crippen molar-refractivity contribution in [1.82, 2.24) is 0 Å². The van der Waals surface area contributed by atoms with Crippen molar-refractivity contribution in [1.29, 1.82) is 0 Å². The zero-order chi connectivity index (χ0) is 20.2. The van der Waals surface area contributed by atoms with E-state index < -0.39 is 11.9 Å². The predicted molar refractivity (Wildman–Crippen MR) is 110 cm³/mol. The Morgan fingerprint density at radius 1 is 0.931 bits per heavy atom. The molecule has 0 saturated heterocycles. The number of hydrogen-bond donors (Lipinski definition) is 0. The summed E-state index contributed by atoms with van der Waals surface area (Å²) in [7, 11) is 0. The number of hydrogen-bond acceptors (Lipinski definition) is 5. The SMILES string of the molecule is O=C1OC(c2ccccc2Cl)=N/C1=C\c1ccccc1OC(=O)c1ccccc1. The predicted octanol–water partition coefficient (Wildman–Crippen LogP) is 4.90. The lowest BCUT2D eigenvalue weighted by Crippen LogP contribution is -2.09. The van der Waals surface area contributed by atoms with Crippen LogP contribution in [-0.4, -0.2) is 17.8 Å². The highest BCUT2D eigenvalue weighted by Gasteiger charge is 2.26. The number of nitrogens with zero attached hydrogens (tertiary/aromatic N) is 1. The molecule has 0 bridgehead atoms. The summed E-state index contributed by atoms with van der Waals surface area (Å²) in [5, 5.41) is 0.428. The first kappa shape index (κ1) is 18.7. The number of benzene rings is 3. The molecule has 29 heavy (non-hydrogen) atoms. The van der Waals surface area contributed by atoms with Gasteiger partial charge in [-0.3, -0.25) is 0 Å². The maximum absolute atomic E-state index is 12.4. The molecule has 142 valence electrons. The second-order valence-electron chi connectivity index (χ2n) is 6.11. The summed E-state index contributed by atoms with van der Waals surface area (Å²) in [4.78, 5) is 28.9. The lowest BCUT2D eigenvalue weighted by Gasteiger charge is -2.07. The van der Waals surface area contributed by atoms with E-state index in [1.807, 2.05) is 6.07 Å². The standard InChI is InChI=1S/C23H14ClNO4/c24-18-12-6-5-11-17(18)21-25-19(23(27)29-21)14-16-10-4-7-13-20(16)28-22(26)15-8-2-1-3-9-15/h1-14H/b19-14-. The molecule has 1 aliphatic rings. The van der Waals surface area contributed by atoms with Crippen molar-refractivity contribution in [3.63, 3.8) is 0 Å². The van der Waals surface area contributed by atoms with Crippen LogP contribution in [0.5, 0.6) is 5.75 Å². The minimum absolute atomic E-state index is 0.0862. The third-order valence-corrected chi connectivity index (χ3v) is 4.48. The molecule has 3 aromatic carbocycles. The van der Waals surface area contributed by atoms with Crippen molar-refractivity contribution in [2.24, 2.45) is 4.99 Å². The molecule has 0 spiro atoms. The number of halogens is 1. The van der Waals surface area contributed by atoms with Gasteiger partial charge in [0.15, 0.2) is 5.70 Å². The van der Waals surface area contributed by atoms with Crippen molar-refractivity contribution >= 4 is 35.5 Å². The minimum Gasteiger partial charge on any atom is -0.422 e. The van der Waals surface area contributed by atoms with Crippen molar-refractivity contribution in [2.75, 3.05) is 0 Å². The molecule has 0 aliphatic carbocycles. The Morgan fingerprint density at radius 2 is 1.62 bits per heavy atom. The van der Waals surface area contributed by atoms with Crippen LogP contribution in [0.4, 0.5) is 0 Å². The smallest absolute Gasteiger partial charge is 0.363 e. The summed E-state index contributed by atoms with van der Waals surface area (Å²) in [6.07, 6.45) is 1.51. The van der Waals surface area contributed by atoms with Crippen LogP contribution in [0.3, 0.4) is 0 Å². The molecule has 6 heteroatoms. The first-order valence-electron chi connectivity index (χ1n) is 8.75. The Kier molecular flexibility index (Phi) is 5.22. The van der Waals surface area contributed by atoms with Gasteiger partial charge in [0.25, 0.3) is 0 Å². The lowest BCUT2D eigenvalue weighted by molar-refractivity contribution is -0.129. The summed E-state index contributed by atoms with van der Waals surface area (Å²) < 4.78 is 10.8. The highest BCUT2D eigenvalue weighted by Crippen LogP contribution is 2.27. The second kappa shape index (κ2) is 8.12. The number of rotatable bonds is 4. The van der Waals surface area contributed by atoms with E-state index in [-0.39, 0.29) is 11.6 Å². The largest absolute Gasteiger partial charge is 0.422 e. The van der Waals surface area contributed by atoms with E-state index in [1.54, 1.807) is 72.8 Å². The normalized spacial score (nSPS) is 14.4. The topological polar surface area (TPSA) is 65.0 Å². The molecule has 0 fully saturated rings. The number of para-hydroxylation sites is 1. The third kappa shape index (κ3) is 4.10. The Balaban J connectivity index is 1.64. The molecular weight excluding hydrogens is 390 g/mol. The van der Waals surface area contributed by atoms with Crippen molar-refractivity contribution in [3.8, 4) is 5.75 Å². The molecule has 0 radical (unpaired) electrons. The van der Waals surface area contributed by atoms with E-state index in [0.29, 0.717) is 27.5 Å². The first-order chi connectivity index (χ1) is 14.1. The van der Waals surface area contributed by atoms with Gasteiger partial charge in [0, 0.05) is 5.56 Å². The van der Waals surface area contributed by atoms with Gasteiger partial charge in [-0.1, -0.05) is 60.1 Å². The Morgan fingerprint density at radius 3 is 2.41 bits per heavy atom. The molecular formula is C23H14ClNO4. The fourth-order valence-electron chi connectivity index (χ4n) is 2.73. The first-order valence-corrected chi connectivity index (χ1v) is 9.13. The van der Waals surface area contributed by atoms with Crippen LogP contribution in [0.25, 0.3) is 6.08 Å². The van der Waals surface area contributed by atoms with Crippen molar-refractivity contribution < 1.29 is 19.1 Å². The monoisotopic (exact) mass is 403 g/mol. The van der Waals surface area contributed by atoms with Crippen LogP contribution in [0, 0.1) is 0 Å². The zero-order valence-electron chi connectivity index (χ0n) is 15.0. The van der Waals surface area contributed by atoms with Crippen LogP contribution in [-0.2, 0) is 9.53 Å². The second-order valence-corrected chi connectivity index (χ2v) is 6.52. The number of aliphatic imine (C=N–C) groups is 1. The van der Waals surface area contributed by atoms with Crippen LogP contribution >= 0.6 is 11.6 Å². The molecule has 4 rings (SSSR count). The number of cyclic esters (lactones) is 1. The molecule has 3 aromatic rings. The molecule has 0 saturated carbocycles. The summed E-state index contributed by atoms with van der Waals surface area (Å²) in [6.45, 7) is 0. The van der Waals surface area contributed by atoms with Gasteiger partial charge < -0.3 is 9.47 Å². The summed E-state index contributed by atoms with van der Waals surface area (Å²) >= 11 is 6.15. The average molecular weight is 404 g/mol. The summed E-state index contributed by atoms with van der Waals surface area (Å²) in [5.74, 6) is -0.663. The third-order valence-electron chi connectivity index (χ3n) is 4.15. The fraction of sp³-hybridized carbons (Fsp3) is 0. The van der Waals surface area contributed by atoms with Gasteiger partial charge in [-0.2, -0.15) is 0 Å². The van der Waals surface area contributed by atoms with Crippen molar-refractivity contribution in [2.45, 2.75) is 0 Å². The van der Waals surface area contributed by atoms with Gasteiger partial charge in [-0.15, -0.1) is 0 Å². The van der Waals surface area contributed by atoms with E-state index in [9.17, 15) is 9.59 Å². The number of carbonyl (C=O) groups excluding carboxylic acids is 2. The lowest BCUT2D eigenvalue weighted by atomic mass is 10.1. The van der Waals surface area contributed by atoms with E-state index in [4.69, 9.17) is 21.1 Å². The van der Waals surface area contributed by atoms with Crippen LogP contribution in [0.15, 0.2) is 89.6 Å². The Labute approximate surface area is 171 Å².